The first kappa shape index (κ1) is 15.4. The van der Waals surface area contributed by atoms with Crippen LogP contribution in [0.1, 0.15) is 17.4 Å². The number of nitrogens with one attached hydrogen (secondary N) is 1. The number of aromatic nitrogens is 4. The molecule has 3 rings (SSSR count). The summed E-state index contributed by atoms with van der Waals surface area (Å²) in [6.45, 7) is 3.94. The minimum atomic E-state index is -0.217. The number of nitrogens with zero attached hydrogens (tertiary/aromatic N) is 5. The van der Waals surface area contributed by atoms with Crippen LogP contribution in [-0.2, 0) is 6.54 Å². The number of carbonyl (C=O) groups excluding carboxylic acids is 1. The Morgan fingerprint density at radius 3 is 2.96 bits per heavy atom. The highest BCUT2D eigenvalue weighted by atomic mass is 16.3. The van der Waals surface area contributed by atoms with Gasteiger partial charge in [-0.05, 0) is 19.1 Å². The summed E-state index contributed by atoms with van der Waals surface area (Å²) in [5.41, 5.74) is 0.393. The first-order valence-electron chi connectivity index (χ1n) is 7.67. The first-order chi connectivity index (χ1) is 11.2. The lowest BCUT2D eigenvalue weighted by molar-refractivity contribution is 0.0916. The summed E-state index contributed by atoms with van der Waals surface area (Å²) in [6, 6.07) is 3.38. The molecule has 0 aliphatic carbocycles. The lowest BCUT2D eigenvalue weighted by Crippen LogP contribution is -2.41. The highest BCUT2D eigenvalue weighted by Gasteiger charge is 2.34. The van der Waals surface area contributed by atoms with Crippen molar-refractivity contribution in [1.82, 2.24) is 25.1 Å². The van der Waals surface area contributed by atoms with Gasteiger partial charge in [0.1, 0.15) is 17.8 Å². The normalized spacial score (nSPS) is 20.7. The number of anilines is 1. The molecule has 1 aliphatic rings. The van der Waals surface area contributed by atoms with Gasteiger partial charge in [0, 0.05) is 44.6 Å². The van der Waals surface area contributed by atoms with Crippen molar-refractivity contribution in [3.63, 3.8) is 0 Å². The highest BCUT2D eigenvalue weighted by Crippen LogP contribution is 2.22. The van der Waals surface area contributed by atoms with Gasteiger partial charge in [-0.1, -0.05) is 0 Å². The zero-order valence-corrected chi connectivity index (χ0v) is 13.0. The SMILES string of the molecule is CCn1ccc(C(=O)N[C@@H]2CN(c3ccncn3)C[C@H]2CO)n1. The second-order valence-corrected chi connectivity index (χ2v) is 5.55. The Morgan fingerprint density at radius 1 is 1.43 bits per heavy atom. The van der Waals surface area contributed by atoms with Gasteiger partial charge in [0.25, 0.3) is 5.91 Å². The molecule has 2 N–H and O–H groups in total. The minimum Gasteiger partial charge on any atom is -0.396 e. The molecule has 0 radical (unpaired) electrons. The lowest BCUT2D eigenvalue weighted by atomic mass is 10.1. The minimum absolute atomic E-state index is 0.00985. The lowest BCUT2D eigenvalue weighted by Gasteiger charge is -2.17. The van der Waals surface area contributed by atoms with E-state index in [1.54, 1.807) is 23.1 Å². The smallest absolute Gasteiger partial charge is 0.272 e. The van der Waals surface area contributed by atoms with Crippen LogP contribution in [-0.4, -0.2) is 56.5 Å². The van der Waals surface area contributed by atoms with E-state index in [1.165, 1.54) is 6.33 Å². The predicted molar refractivity (Wildman–Crippen MR) is 84.0 cm³/mol. The largest absolute Gasteiger partial charge is 0.396 e. The van der Waals surface area contributed by atoms with Crippen molar-refractivity contribution < 1.29 is 9.90 Å². The van der Waals surface area contributed by atoms with Crippen LogP contribution in [0.5, 0.6) is 0 Å². The van der Waals surface area contributed by atoms with E-state index < -0.39 is 0 Å². The van der Waals surface area contributed by atoms with Crippen LogP contribution in [0.25, 0.3) is 0 Å². The summed E-state index contributed by atoms with van der Waals surface area (Å²) in [4.78, 5) is 22.5. The van der Waals surface area contributed by atoms with Crippen LogP contribution in [0, 0.1) is 5.92 Å². The molecule has 8 heteroatoms. The molecule has 1 saturated heterocycles. The van der Waals surface area contributed by atoms with Crippen molar-refractivity contribution in [3.8, 4) is 0 Å². The predicted octanol–water partition coefficient (Wildman–Crippen LogP) is -0.0799. The number of hydrogen-bond donors (Lipinski definition) is 2. The molecule has 2 atom stereocenters. The van der Waals surface area contributed by atoms with Gasteiger partial charge in [-0.2, -0.15) is 5.10 Å². The molecule has 0 aromatic carbocycles. The van der Waals surface area contributed by atoms with Crippen molar-refractivity contribution in [2.45, 2.75) is 19.5 Å². The summed E-state index contributed by atoms with van der Waals surface area (Å²) in [5, 5.41) is 16.8. The summed E-state index contributed by atoms with van der Waals surface area (Å²) in [5.74, 6) is 0.540. The Morgan fingerprint density at radius 2 is 2.30 bits per heavy atom. The van der Waals surface area contributed by atoms with E-state index in [0.717, 1.165) is 12.4 Å². The molecule has 1 aliphatic heterocycles. The molecule has 23 heavy (non-hydrogen) atoms. The number of amides is 1. The number of aliphatic hydroxyl groups excluding tert-OH is 1. The molecular formula is C15H20N6O2. The summed E-state index contributed by atoms with van der Waals surface area (Å²) in [6.07, 6.45) is 4.95. The Hall–Kier alpha value is -2.48. The van der Waals surface area contributed by atoms with Crippen LogP contribution in [0.4, 0.5) is 5.82 Å². The third-order valence-corrected chi connectivity index (χ3v) is 4.08. The Bertz CT molecular complexity index is 659. The van der Waals surface area contributed by atoms with Gasteiger partial charge in [0.2, 0.25) is 0 Å². The van der Waals surface area contributed by atoms with Crippen molar-refractivity contribution >= 4 is 11.7 Å². The fourth-order valence-electron chi connectivity index (χ4n) is 2.78. The molecule has 1 amide bonds. The molecule has 0 saturated carbocycles. The number of hydrogen-bond acceptors (Lipinski definition) is 6. The van der Waals surface area contributed by atoms with Crippen LogP contribution in [0.3, 0.4) is 0 Å². The second-order valence-electron chi connectivity index (χ2n) is 5.55. The molecule has 1 fully saturated rings. The Balaban J connectivity index is 1.68. The number of carbonyl (C=O) groups is 1. The average Bonchev–Trinajstić information content (AvgIpc) is 3.22. The molecule has 122 valence electrons. The zero-order valence-electron chi connectivity index (χ0n) is 13.0. The van der Waals surface area contributed by atoms with E-state index >= 15 is 0 Å². The van der Waals surface area contributed by atoms with E-state index in [9.17, 15) is 9.90 Å². The number of aliphatic hydroxyl groups is 1. The molecule has 0 bridgehead atoms. The number of rotatable bonds is 5. The van der Waals surface area contributed by atoms with E-state index in [0.29, 0.717) is 18.8 Å². The van der Waals surface area contributed by atoms with E-state index in [-0.39, 0.29) is 24.5 Å². The van der Waals surface area contributed by atoms with Crippen LogP contribution in [0.2, 0.25) is 0 Å². The van der Waals surface area contributed by atoms with E-state index in [2.05, 4.69) is 20.4 Å². The highest BCUT2D eigenvalue weighted by molar-refractivity contribution is 5.92. The van der Waals surface area contributed by atoms with Crippen molar-refractivity contribution in [2.75, 3.05) is 24.6 Å². The maximum atomic E-state index is 12.3. The maximum Gasteiger partial charge on any atom is 0.272 e. The third-order valence-electron chi connectivity index (χ3n) is 4.08. The molecule has 2 aromatic heterocycles. The number of aryl methyl sites for hydroxylation is 1. The van der Waals surface area contributed by atoms with Gasteiger partial charge in [0.15, 0.2) is 0 Å². The van der Waals surface area contributed by atoms with Crippen molar-refractivity contribution in [2.24, 2.45) is 5.92 Å². The molecular weight excluding hydrogens is 296 g/mol. The summed E-state index contributed by atoms with van der Waals surface area (Å²) < 4.78 is 1.71. The first-order valence-corrected chi connectivity index (χ1v) is 7.67. The summed E-state index contributed by atoms with van der Waals surface area (Å²) >= 11 is 0. The van der Waals surface area contributed by atoms with Gasteiger partial charge in [-0.3, -0.25) is 9.48 Å². The van der Waals surface area contributed by atoms with Gasteiger partial charge < -0.3 is 15.3 Å². The van der Waals surface area contributed by atoms with Crippen molar-refractivity contribution in [3.05, 3.63) is 36.5 Å². The molecule has 2 aromatic rings. The Kier molecular flexibility index (Phi) is 4.52. The van der Waals surface area contributed by atoms with Gasteiger partial charge in [0.05, 0.1) is 6.04 Å². The molecule has 8 nitrogen and oxygen atoms in total. The maximum absolute atomic E-state index is 12.3. The van der Waals surface area contributed by atoms with Crippen LogP contribution in [0.15, 0.2) is 30.9 Å². The van der Waals surface area contributed by atoms with Crippen LogP contribution >= 0.6 is 0 Å². The second kappa shape index (κ2) is 6.74. The van der Waals surface area contributed by atoms with E-state index in [1.807, 2.05) is 17.9 Å². The zero-order chi connectivity index (χ0) is 16.2. The van der Waals surface area contributed by atoms with Gasteiger partial charge >= 0.3 is 0 Å². The fraction of sp³-hybridized carbons (Fsp3) is 0.467. The monoisotopic (exact) mass is 316 g/mol. The van der Waals surface area contributed by atoms with Gasteiger partial charge in [-0.15, -0.1) is 0 Å². The topological polar surface area (TPSA) is 96.2 Å². The van der Waals surface area contributed by atoms with Gasteiger partial charge in [-0.25, -0.2) is 9.97 Å². The fourth-order valence-corrected chi connectivity index (χ4v) is 2.78. The molecule has 0 unspecified atom stereocenters. The molecule has 3 heterocycles. The quantitative estimate of drug-likeness (QED) is 0.801. The molecule has 0 spiro atoms. The van der Waals surface area contributed by atoms with Crippen LogP contribution < -0.4 is 10.2 Å². The third kappa shape index (κ3) is 3.31. The van der Waals surface area contributed by atoms with Crippen molar-refractivity contribution in [1.29, 1.82) is 0 Å². The Labute approximate surface area is 134 Å². The summed E-state index contributed by atoms with van der Waals surface area (Å²) in [7, 11) is 0. The average molecular weight is 316 g/mol. The standard InChI is InChI=1S/C15H20N6O2/c1-2-21-6-4-12(19-21)15(23)18-13-8-20(7-11(13)9-22)14-3-5-16-10-17-14/h3-6,10-11,13,22H,2,7-9H2,1H3,(H,18,23)/t11-,13+/m0/s1. The van der Waals surface area contributed by atoms with E-state index in [4.69, 9.17) is 0 Å².